The number of imidazole rings is 1. The monoisotopic (exact) mass is 282 g/mol. The highest BCUT2D eigenvalue weighted by Crippen LogP contribution is 2.22. The zero-order chi connectivity index (χ0) is 14.1. The van der Waals surface area contributed by atoms with Gasteiger partial charge in [0.25, 0.3) is 0 Å². The maximum absolute atomic E-state index is 8.77. The predicted molar refractivity (Wildman–Crippen MR) is 77.5 cm³/mol. The second-order valence-corrected chi connectivity index (χ2v) is 4.95. The van der Waals surface area contributed by atoms with Crippen molar-refractivity contribution < 1.29 is 0 Å². The highest BCUT2D eigenvalue weighted by molar-refractivity contribution is 6.29. The lowest BCUT2D eigenvalue weighted by Crippen LogP contribution is -2.02. The number of fused-ring (bicyclic) bond motifs is 1. The molecule has 0 saturated carbocycles. The van der Waals surface area contributed by atoms with E-state index in [4.69, 9.17) is 16.9 Å². The van der Waals surface area contributed by atoms with Crippen LogP contribution >= 0.6 is 11.6 Å². The molecule has 98 valence electrons. The summed E-state index contributed by atoms with van der Waals surface area (Å²) in [6, 6.07) is 11.7. The smallest absolute Gasteiger partial charge is 0.204 e. The molecule has 3 aromatic rings. The van der Waals surface area contributed by atoms with Gasteiger partial charge in [-0.2, -0.15) is 5.26 Å². The number of hydrogen-bond donors (Lipinski definition) is 0. The Morgan fingerprint density at radius 3 is 2.85 bits per heavy atom. The lowest BCUT2D eigenvalue weighted by atomic mass is 10.2. The maximum Gasteiger partial charge on any atom is 0.204 e. The van der Waals surface area contributed by atoms with Gasteiger partial charge in [0, 0.05) is 6.20 Å². The Labute approximate surface area is 121 Å². The summed E-state index contributed by atoms with van der Waals surface area (Å²) >= 11 is 6.20. The number of nitrogens with zero attached hydrogens (tertiary/aromatic N) is 4. The van der Waals surface area contributed by atoms with Crippen LogP contribution in [-0.4, -0.2) is 14.5 Å². The van der Waals surface area contributed by atoms with E-state index in [0.29, 0.717) is 17.4 Å². The first kappa shape index (κ1) is 12.6. The van der Waals surface area contributed by atoms with Gasteiger partial charge in [-0.3, -0.25) is 4.98 Å². The molecule has 0 atom stereocenters. The van der Waals surface area contributed by atoms with Crippen molar-refractivity contribution in [3.05, 3.63) is 58.6 Å². The quantitative estimate of drug-likeness (QED) is 0.724. The van der Waals surface area contributed by atoms with Crippen molar-refractivity contribution in [3.8, 4) is 6.07 Å². The summed E-state index contributed by atoms with van der Waals surface area (Å²) in [6.45, 7) is 2.56. The largest absolute Gasteiger partial charge is 0.309 e. The number of benzene rings is 1. The van der Waals surface area contributed by atoms with E-state index < -0.39 is 0 Å². The molecule has 2 aromatic heterocycles. The number of rotatable bonds is 2. The molecule has 20 heavy (non-hydrogen) atoms. The average molecular weight is 283 g/mol. The first-order valence-corrected chi connectivity index (χ1v) is 6.52. The highest BCUT2D eigenvalue weighted by Gasteiger charge is 2.10. The molecule has 4 nitrogen and oxygen atoms in total. The molecule has 0 radical (unpaired) electrons. The van der Waals surface area contributed by atoms with Gasteiger partial charge < -0.3 is 4.57 Å². The number of pyridine rings is 1. The topological polar surface area (TPSA) is 54.5 Å². The Kier molecular flexibility index (Phi) is 3.13. The molecule has 0 aliphatic heterocycles. The van der Waals surface area contributed by atoms with Crippen LogP contribution in [0.2, 0.25) is 5.28 Å². The Bertz CT molecular complexity index is 812. The molecule has 0 saturated heterocycles. The van der Waals surface area contributed by atoms with Crippen LogP contribution in [0.15, 0.2) is 36.5 Å². The summed E-state index contributed by atoms with van der Waals surface area (Å²) in [5.41, 5.74) is 4.40. The maximum atomic E-state index is 8.77. The number of aromatic nitrogens is 3. The van der Waals surface area contributed by atoms with E-state index in [1.54, 1.807) is 12.3 Å². The first-order valence-electron chi connectivity index (χ1n) is 6.15. The Morgan fingerprint density at radius 2 is 2.15 bits per heavy atom. The van der Waals surface area contributed by atoms with E-state index in [1.807, 2.05) is 29.7 Å². The van der Waals surface area contributed by atoms with Crippen LogP contribution in [0.3, 0.4) is 0 Å². The molecule has 0 spiro atoms. The van der Waals surface area contributed by atoms with Crippen LogP contribution in [0.4, 0.5) is 0 Å². The summed E-state index contributed by atoms with van der Waals surface area (Å²) in [6.07, 6.45) is 1.56. The summed E-state index contributed by atoms with van der Waals surface area (Å²) in [5.74, 6) is 0. The van der Waals surface area contributed by atoms with Crippen molar-refractivity contribution in [2.24, 2.45) is 0 Å². The van der Waals surface area contributed by atoms with Crippen LogP contribution in [0, 0.1) is 18.3 Å². The molecule has 0 fully saturated rings. The van der Waals surface area contributed by atoms with Crippen molar-refractivity contribution in [2.45, 2.75) is 13.5 Å². The summed E-state index contributed by atoms with van der Waals surface area (Å²) in [5, 5.41) is 9.22. The predicted octanol–water partition coefficient (Wildman–Crippen LogP) is 3.31. The Balaban J connectivity index is 2.03. The molecule has 0 N–H and O–H groups in total. The van der Waals surface area contributed by atoms with E-state index in [2.05, 4.69) is 22.1 Å². The molecule has 2 heterocycles. The molecule has 0 aliphatic rings. The van der Waals surface area contributed by atoms with Gasteiger partial charge in [-0.15, -0.1) is 0 Å². The van der Waals surface area contributed by atoms with E-state index >= 15 is 0 Å². The van der Waals surface area contributed by atoms with Crippen LogP contribution in [0.1, 0.15) is 16.8 Å². The van der Waals surface area contributed by atoms with Gasteiger partial charge in [0.15, 0.2) is 0 Å². The van der Waals surface area contributed by atoms with Crippen molar-refractivity contribution in [1.29, 1.82) is 5.26 Å². The van der Waals surface area contributed by atoms with Crippen LogP contribution < -0.4 is 0 Å². The molecule has 1 aromatic carbocycles. The van der Waals surface area contributed by atoms with Gasteiger partial charge in [-0.05, 0) is 48.4 Å². The number of aryl methyl sites for hydroxylation is 1. The second-order valence-electron chi connectivity index (χ2n) is 4.61. The fraction of sp³-hybridized carbons (Fsp3) is 0.133. The third-order valence-electron chi connectivity index (χ3n) is 3.13. The normalized spacial score (nSPS) is 10.7. The SMILES string of the molecule is Cc1ccc2nc(Cl)n(Cc3ccc(C#N)cn3)c2c1. The summed E-state index contributed by atoms with van der Waals surface area (Å²) in [4.78, 5) is 8.60. The molecule has 0 aliphatic carbocycles. The fourth-order valence-corrected chi connectivity index (χ4v) is 2.34. The minimum Gasteiger partial charge on any atom is -0.309 e. The number of nitriles is 1. The standard InChI is InChI=1S/C15H11ClN4/c1-10-2-5-13-14(6-10)20(15(16)19-13)9-12-4-3-11(7-17)8-18-12/h2-6,8H,9H2,1H3. The van der Waals surface area contributed by atoms with Crippen molar-refractivity contribution >= 4 is 22.6 Å². The van der Waals surface area contributed by atoms with Gasteiger partial charge in [0.2, 0.25) is 5.28 Å². The van der Waals surface area contributed by atoms with Crippen LogP contribution in [0.5, 0.6) is 0 Å². The first-order chi connectivity index (χ1) is 9.67. The van der Waals surface area contributed by atoms with Gasteiger partial charge in [-0.25, -0.2) is 4.98 Å². The molecular formula is C15H11ClN4. The lowest BCUT2D eigenvalue weighted by Gasteiger charge is -2.05. The molecular weight excluding hydrogens is 272 g/mol. The van der Waals surface area contributed by atoms with Crippen molar-refractivity contribution in [3.63, 3.8) is 0 Å². The average Bonchev–Trinajstić information content (AvgIpc) is 2.76. The minimum absolute atomic E-state index is 0.441. The third kappa shape index (κ3) is 2.24. The van der Waals surface area contributed by atoms with Crippen LogP contribution in [0.25, 0.3) is 11.0 Å². The van der Waals surface area contributed by atoms with Gasteiger partial charge >= 0.3 is 0 Å². The van der Waals surface area contributed by atoms with E-state index in [-0.39, 0.29) is 0 Å². The fourth-order valence-electron chi connectivity index (χ4n) is 2.10. The molecule has 0 bridgehead atoms. The minimum atomic E-state index is 0.441. The lowest BCUT2D eigenvalue weighted by molar-refractivity contribution is 0.797. The number of hydrogen-bond acceptors (Lipinski definition) is 3. The summed E-state index contributed by atoms with van der Waals surface area (Å²) < 4.78 is 1.91. The molecule has 0 unspecified atom stereocenters. The second kappa shape index (κ2) is 4.95. The van der Waals surface area contributed by atoms with Crippen molar-refractivity contribution in [2.75, 3.05) is 0 Å². The zero-order valence-corrected chi connectivity index (χ0v) is 11.6. The van der Waals surface area contributed by atoms with Crippen LogP contribution in [-0.2, 0) is 6.54 Å². The van der Waals surface area contributed by atoms with Gasteiger partial charge in [0.05, 0.1) is 28.8 Å². The molecule has 3 rings (SSSR count). The van der Waals surface area contributed by atoms with Gasteiger partial charge in [0.1, 0.15) is 6.07 Å². The Morgan fingerprint density at radius 1 is 1.30 bits per heavy atom. The van der Waals surface area contributed by atoms with E-state index in [9.17, 15) is 0 Å². The van der Waals surface area contributed by atoms with E-state index in [1.165, 1.54) is 0 Å². The third-order valence-corrected chi connectivity index (χ3v) is 3.42. The van der Waals surface area contributed by atoms with E-state index in [0.717, 1.165) is 22.3 Å². The Hall–Kier alpha value is -2.38. The summed E-state index contributed by atoms with van der Waals surface area (Å²) in [7, 11) is 0. The van der Waals surface area contributed by atoms with Gasteiger partial charge in [-0.1, -0.05) is 6.07 Å². The van der Waals surface area contributed by atoms with Crippen molar-refractivity contribution in [1.82, 2.24) is 14.5 Å². The zero-order valence-electron chi connectivity index (χ0n) is 10.8. The molecule has 5 heteroatoms. The molecule has 0 amide bonds. The number of halogens is 1. The highest BCUT2D eigenvalue weighted by atomic mass is 35.5.